The molecule has 0 heterocycles. The van der Waals surface area contributed by atoms with E-state index in [-0.39, 0.29) is 30.4 Å². The predicted octanol–water partition coefficient (Wildman–Crippen LogP) is 3.13. The molecular weight excluding hydrogens is 268 g/mol. The molecule has 21 heavy (non-hydrogen) atoms. The molecule has 0 spiro atoms. The van der Waals surface area contributed by atoms with E-state index in [1.54, 1.807) is 13.8 Å². The van der Waals surface area contributed by atoms with Crippen molar-refractivity contribution in [2.24, 2.45) is 0 Å². The van der Waals surface area contributed by atoms with Gasteiger partial charge in [-0.25, -0.2) is 0 Å². The summed E-state index contributed by atoms with van der Waals surface area (Å²) in [6, 6.07) is 9.63. The summed E-state index contributed by atoms with van der Waals surface area (Å²) in [6.07, 6.45) is 1.07. The molecule has 0 amide bonds. The lowest BCUT2D eigenvalue weighted by molar-refractivity contribution is -0.129. The molecule has 0 aromatic heterocycles. The number of Topliss-reactive ketones (excluding diaryl/α,β-unsaturated/α-hetero) is 3. The molecule has 0 saturated carbocycles. The Kier molecular flexibility index (Phi) is 10.9. The molecule has 116 valence electrons. The smallest absolute Gasteiger partial charge is 0.165 e. The second kappa shape index (κ2) is 12.0. The van der Waals surface area contributed by atoms with E-state index in [4.69, 9.17) is 4.74 Å². The second-order valence-electron chi connectivity index (χ2n) is 4.64. The largest absolute Gasteiger partial charge is 0.369 e. The lowest BCUT2D eigenvalue weighted by Crippen LogP contribution is -2.13. The van der Waals surface area contributed by atoms with Gasteiger partial charge in [0.25, 0.3) is 0 Å². The minimum absolute atomic E-state index is 0.00864. The number of rotatable bonds is 8. The van der Waals surface area contributed by atoms with Gasteiger partial charge in [-0.3, -0.25) is 9.59 Å². The number of hydrogen-bond acceptors (Lipinski definition) is 4. The molecule has 4 heteroatoms. The van der Waals surface area contributed by atoms with Gasteiger partial charge in [0.2, 0.25) is 0 Å². The van der Waals surface area contributed by atoms with Crippen LogP contribution in [-0.2, 0) is 25.7 Å². The monoisotopic (exact) mass is 292 g/mol. The number of ketones is 3. The summed E-state index contributed by atoms with van der Waals surface area (Å²) in [5, 5.41) is 0. The molecule has 0 aliphatic carbocycles. The first-order valence-electron chi connectivity index (χ1n) is 7.14. The van der Waals surface area contributed by atoms with Gasteiger partial charge in [-0.2, -0.15) is 0 Å². The third kappa shape index (κ3) is 11.7. The quantitative estimate of drug-likeness (QED) is 0.691. The zero-order valence-electron chi connectivity index (χ0n) is 13.1. The molecule has 0 unspecified atom stereocenters. The van der Waals surface area contributed by atoms with Crippen LogP contribution in [-0.4, -0.2) is 24.0 Å². The van der Waals surface area contributed by atoms with Gasteiger partial charge in [0.05, 0.1) is 13.0 Å². The molecule has 0 aliphatic heterocycles. The number of benzene rings is 1. The first-order chi connectivity index (χ1) is 9.99. The average Bonchev–Trinajstić information content (AvgIpc) is 2.48. The van der Waals surface area contributed by atoms with Crippen LogP contribution >= 0.6 is 0 Å². The Morgan fingerprint density at radius 2 is 1.52 bits per heavy atom. The van der Waals surface area contributed by atoms with E-state index in [1.165, 1.54) is 0 Å². The van der Waals surface area contributed by atoms with Crippen LogP contribution < -0.4 is 0 Å². The predicted molar refractivity (Wildman–Crippen MR) is 82.0 cm³/mol. The maximum Gasteiger partial charge on any atom is 0.165 e. The number of carbonyl (C=O) groups is 3. The van der Waals surface area contributed by atoms with Gasteiger partial charge in [0.15, 0.2) is 5.78 Å². The minimum Gasteiger partial charge on any atom is -0.369 e. The van der Waals surface area contributed by atoms with E-state index in [0.29, 0.717) is 19.4 Å². The van der Waals surface area contributed by atoms with E-state index in [2.05, 4.69) is 0 Å². The Balaban J connectivity index is 0.000000690. The van der Waals surface area contributed by atoms with Crippen LogP contribution in [0.25, 0.3) is 0 Å². The van der Waals surface area contributed by atoms with Crippen molar-refractivity contribution >= 4 is 17.3 Å². The van der Waals surface area contributed by atoms with Gasteiger partial charge < -0.3 is 9.53 Å². The molecule has 0 radical (unpaired) electrons. The molecular formula is C17H24O4. The van der Waals surface area contributed by atoms with E-state index < -0.39 is 0 Å². The topological polar surface area (TPSA) is 60.4 Å². The molecule has 0 saturated heterocycles. The Bertz CT molecular complexity index is 437. The van der Waals surface area contributed by atoms with Gasteiger partial charge >= 0.3 is 0 Å². The summed E-state index contributed by atoms with van der Waals surface area (Å²) in [6.45, 7) is 5.61. The van der Waals surface area contributed by atoms with E-state index in [0.717, 1.165) is 5.56 Å². The molecule has 0 N–H and O–H groups in total. The van der Waals surface area contributed by atoms with Gasteiger partial charge in [-0.05, 0) is 12.5 Å². The van der Waals surface area contributed by atoms with Crippen LogP contribution in [0, 0.1) is 0 Å². The highest BCUT2D eigenvalue weighted by Gasteiger charge is 2.07. The Morgan fingerprint density at radius 1 is 0.952 bits per heavy atom. The van der Waals surface area contributed by atoms with Gasteiger partial charge in [-0.15, -0.1) is 0 Å². The van der Waals surface area contributed by atoms with Crippen molar-refractivity contribution in [2.75, 3.05) is 6.61 Å². The Hall–Kier alpha value is -1.81. The van der Waals surface area contributed by atoms with Crippen molar-refractivity contribution in [1.29, 1.82) is 0 Å². The molecule has 0 bridgehead atoms. The lowest BCUT2D eigenvalue weighted by atomic mass is 10.2. The fraction of sp³-hybridized carbons (Fsp3) is 0.471. The van der Waals surface area contributed by atoms with Crippen molar-refractivity contribution in [3.63, 3.8) is 0 Å². The third-order valence-corrected chi connectivity index (χ3v) is 2.66. The zero-order chi connectivity index (χ0) is 16.1. The van der Waals surface area contributed by atoms with Crippen LogP contribution in [0.15, 0.2) is 30.3 Å². The van der Waals surface area contributed by atoms with Crippen LogP contribution in [0.5, 0.6) is 0 Å². The molecule has 1 aromatic carbocycles. The maximum absolute atomic E-state index is 11.3. The highest BCUT2D eigenvalue weighted by atomic mass is 16.5. The van der Waals surface area contributed by atoms with Crippen LogP contribution in [0.2, 0.25) is 0 Å². The fourth-order valence-corrected chi connectivity index (χ4v) is 1.25. The number of carbonyl (C=O) groups excluding carboxylic acids is 3. The zero-order valence-corrected chi connectivity index (χ0v) is 13.1. The summed E-state index contributed by atoms with van der Waals surface area (Å²) < 4.78 is 5.23. The standard InChI is InChI=1S/C13H16O3.C4H8O/c1-2-12(14)8-13(15)10-16-9-11-6-4-3-5-7-11;1-3-4(2)5/h3-7H,2,8-10H2,1H3;3H2,1-2H3. The summed E-state index contributed by atoms with van der Waals surface area (Å²) >= 11 is 0. The fourth-order valence-electron chi connectivity index (χ4n) is 1.25. The average molecular weight is 292 g/mol. The van der Waals surface area contributed by atoms with Crippen molar-refractivity contribution in [1.82, 2.24) is 0 Å². The summed E-state index contributed by atoms with van der Waals surface area (Å²) in [5.41, 5.74) is 1.03. The molecule has 1 rings (SSSR count). The summed E-state index contributed by atoms with van der Waals surface area (Å²) in [4.78, 5) is 32.0. The maximum atomic E-state index is 11.3. The Morgan fingerprint density at radius 3 is 2.00 bits per heavy atom. The second-order valence-corrected chi connectivity index (χ2v) is 4.64. The highest BCUT2D eigenvalue weighted by molar-refractivity contribution is 5.99. The van der Waals surface area contributed by atoms with E-state index in [1.807, 2.05) is 37.3 Å². The molecule has 0 atom stereocenters. The first-order valence-corrected chi connectivity index (χ1v) is 7.14. The minimum atomic E-state index is -0.150. The normalized spacial score (nSPS) is 9.48. The third-order valence-electron chi connectivity index (χ3n) is 2.66. The Labute approximate surface area is 126 Å². The SMILES string of the molecule is CCC(=O)CC(=O)COCc1ccccc1.CCC(C)=O. The van der Waals surface area contributed by atoms with Crippen molar-refractivity contribution in [3.05, 3.63) is 35.9 Å². The number of ether oxygens (including phenoxy) is 1. The molecule has 4 nitrogen and oxygen atoms in total. The van der Waals surface area contributed by atoms with Crippen molar-refractivity contribution in [2.45, 2.75) is 46.6 Å². The van der Waals surface area contributed by atoms with Gasteiger partial charge in [-0.1, -0.05) is 44.2 Å². The van der Waals surface area contributed by atoms with Crippen LogP contribution in [0.1, 0.15) is 45.6 Å². The van der Waals surface area contributed by atoms with Crippen LogP contribution in [0.3, 0.4) is 0 Å². The summed E-state index contributed by atoms with van der Waals surface area (Å²) in [7, 11) is 0. The molecule has 0 fully saturated rings. The van der Waals surface area contributed by atoms with Crippen LogP contribution in [0.4, 0.5) is 0 Å². The summed E-state index contributed by atoms with van der Waals surface area (Å²) in [5.74, 6) is 0.0705. The lowest BCUT2D eigenvalue weighted by Gasteiger charge is -2.03. The molecule has 1 aromatic rings. The van der Waals surface area contributed by atoms with E-state index >= 15 is 0 Å². The van der Waals surface area contributed by atoms with E-state index in [9.17, 15) is 14.4 Å². The molecule has 0 aliphatic rings. The van der Waals surface area contributed by atoms with Gasteiger partial charge in [0.1, 0.15) is 18.2 Å². The first kappa shape index (κ1) is 19.2. The highest BCUT2D eigenvalue weighted by Crippen LogP contribution is 2.01. The number of hydrogen-bond donors (Lipinski definition) is 0. The van der Waals surface area contributed by atoms with Crippen molar-refractivity contribution in [3.8, 4) is 0 Å². The van der Waals surface area contributed by atoms with Gasteiger partial charge in [0, 0.05) is 12.8 Å². The van der Waals surface area contributed by atoms with Crippen molar-refractivity contribution < 1.29 is 19.1 Å².